The number of imidazole rings is 1. The zero-order valence-electron chi connectivity index (χ0n) is 12.2. The second-order valence-electron chi connectivity index (χ2n) is 5.87. The second-order valence-corrected chi connectivity index (χ2v) is 6.76. The van der Waals surface area contributed by atoms with E-state index in [-0.39, 0.29) is 6.04 Å². The van der Waals surface area contributed by atoms with Gasteiger partial charge in [0.25, 0.3) is 0 Å². The molecule has 0 bridgehead atoms. The SMILES string of the molecule is Cc1csc(C(C)n2c(C3CC3)nc3cc(N)ccc32)n1. The minimum Gasteiger partial charge on any atom is -0.399 e. The molecule has 1 atom stereocenters. The maximum absolute atomic E-state index is 5.91. The van der Waals surface area contributed by atoms with E-state index in [1.54, 1.807) is 11.3 Å². The van der Waals surface area contributed by atoms with Crippen LogP contribution >= 0.6 is 11.3 Å². The fourth-order valence-electron chi connectivity index (χ4n) is 2.85. The number of hydrogen-bond donors (Lipinski definition) is 1. The van der Waals surface area contributed by atoms with Crippen molar-refractivity contribution in [2.75, 3.05) is 5.73 Å². The van der Waals surface area contributed by atoms with Gasteiger partial charge in [0.15, 0.2) is 0 Å². The number of nitrogens with zero attached hydrogens (tertiary/aromatic N) is 3. The van der Waals surface area contributed by atoms with Crippen molar-refractivity contribution in [3.05, 3.63) is 40.1 Å². The Morgan fingerprint density at radius 1 is 1.33 bits per heavy atom. The van der Waals surface area contributed by atoms with Crippen molar-refractivity contribution >= 4 is 28.1 Å². The Kier molecular flexibility index (Phi) is 2.79. The minimum atomic E-state index is 0.216. The molecule has 0 aliphatic heterocycles. The summed E-state index contributed by atoms with van der Waals surface area (Å²) in [4.78, 5) is 9.51. The molecule has 0 spiro atoms. The molecule has 1 aliphatic carbocycles. The number of nitrogens with two attached hydrogens (primary N) is 1. The van der Waals surface area contributed by atoms with Crippen molar-refractivity contribution in [2.24, 2.45) is 0 Å². The van der Waals surface area contributed by atoms with Crippen molar-refractivity contribution in [3.63, 3.8) is 0 Å². The van der Waals surface area contributed by atoms with E-state index in [4.69, 9.17) is 10.7 Å². The predicted molar refractivity (Wildman–Crippen MR) is 86.8 cm³/mol. The molecular formula is C16H18N4S. The van der Waals surface area contributed by atoms with Gasteiger partial charge in [-0.25, -0.2) is 9.97 Å². The zero-order valence-corrected chi connectivity index (χ0v) is 13.0. The van der Waals surface area contributed by atoms with E-state index in [1.165, 1.54) is 18.7 Å². The molecule has 1 fully saturated rings. The molecule has 2 aromatic heterocycles. The lowest BCUT2D eigenvalue weighted by atomic mass is 10.2. The lowest BCUT2D eigenvalue weighted by Crippen LogP contribution is -2.10. The summed E-state index contributed by atoms with van der Waals surface area (Å²) in [5.74, 6) is 1.79. The summed E-state index contributed by atoms with van der Waals surface area (Å²) >= 11 is 1.72. The smallest absolute Gasteiger partial charge is 0.116 e. The highest BCUT2D eigenvalue weighted by Crippen LogP contribution is 2.42. The summed E-state index contributed by atoms with van der Waals surface area (Å²) in [6.45, 7) is 4.25. The van der Waals surface area contributed by atoms with Gasteiger partial charge >= 0.3 is 0 Å². The molecule has 1 aromatic carbocycles. The van der Waals surface area contributed by atoms with E-state index in [0.717, 1.165) is 27.4 Å². The molecular weight excluding hydrogens is 280 g/mol. The molecule has 21 heavy (non-hydrogen) atoms. The number of aryl methyl sites for hydroxylation is 1. The van der Waals surface area contributed by atoms with Crippen LogP contribution in [0.4, 0.5) is 5.69 Å². The summed E-state index contributed by atoms with van der Waals surface area (Å²) in [5, 5.41) is 3.25. The maximum Gasteiger partial charge on any atom is 0.116 e. The molecule has 1 unspecified atom stereocenters. The van der Waals surface area contributed by atoms with Crippen molar-refractivity contribution in [3.8, 4) is 0 Å². The molecule has 0 saturated heterocycles. The average Bonchev–Trinajstić information content (AvgIpc) is 3.11. The fraction of sp³-hybridized carbons (Fsp3) is 0.375. The molecule has 4 rings (SSSR count). The van der Waals surface area contributed by atoms with Gasteiger partial charge in [0.05, 0.1) is 17.1 Å². The van der Waals surface area contributed by atoms with Gasteiger partial charge in [-0.2, -0.15) is 0 Å². The number of thiazole rings is 1. The van der Waals surface area contributed by atoms with E-state index in [9.17, 15) is 0 Å². The van der Waals surface area contributed by atoms with E-state index in [2.05, 4.69) is 27.9 Å². The maximum atomic E-state index is 5.91. The van der Waals surface area contributed by atoms with E-state index in [0.29, 0.717) is 5.92 Å². The van der Waals surface area contributed by atoms with Crippen LogP contribution < -0.4 is 5.73 Å². The number of benzene rings is 1. The molecule has 4 nitrogen and oxygen atoms in total. The predicted octanol–water partition coefficient (Wildman–Crippen LogP) is 3.87. The number of aromatic nitrogens is 3. The highest BCUT2D eigenvalue weighted by Gasteiger charge is 2.31. The summed E-state index contributed by atoms with van der Waals surface area (Å²) in [6, 6.07) is 6.22. The Hall–Kier alpha value is -1.88. The molecule has 5 heteroatoms. The summed E-state index contributed by atoms with van der Waals surface area (Å²) < 4.78 is 2.35. The van der Waals surface area contributed by atoms with Crippen molar-refractivity contribution in [1.29, 1.82) is 0 Å². The lowest BCUT2D eigenvalue weighted by molar-refractivity contribution is 0.615. The van der Waals surface area contributed by atoms with Crippen LogP contribution in [0.15, 0.2) is 23.6 Å². The Morgan fingerprint density at radius 3 is 2.81 bits per heavy atom. The van der Waals surface area contributed by atoms with Crippen LogP contribution in [0.3, 0.4) is 0 Å². The van der Waals surface area contributed by atoms with Gasteiger partial charge in [0.2, 0.25) is 0 Å². The van der Waals surface area contributed by atoms with E-state index < -0.39 is 0 Å². The second kappa shape index (κ2) is 4.56. The van der Waals surface area contributed by atoms with Crippen LogP contribution in [0.5, 0.6) is 0 Å². The minimum absolute atomic E-state index is 0.216. The first kappa shape index (κ1) is 12.8. The monoisotopic (exact) mass is 298 g/mol. The Morgan fingerprint density at radius 2 is 2.14 bits per heavy atom. The van der Waals surface area contributed by atoms with Gasteiger partial charge in [-0.15, -0.1) is 11.3 Å². The lowest BCUT2D eigenvalue weighted by Gasteiger charge is -2.15. The van der Waals surface area contributed by atoms with Crippen molar-refractivity contribution in [1.82, 2.24) is 14.5 Å². The van der Waals surface area contributed by atoms with Crippen molar-refractivity contribution in [2.45, 2.75) is 38.6 Å². The number of anilines is 1. The van der Waals surface area contributed by atoms with Gasteiger partial charge in [-0.1, -0.05) is 0 Å². The molecule has 1 aliphatic rings. The van der Waals surface area contributed by atoms with Gasteiger partial charge in [0, 0.05) is 22.7 Å². The molecule has 3 aromatic rings. The summed E-state index contributed by atoms with van der Waals surface area (Å²) in [6.07, 6.45) is 2.48. The zero-order chi connectivity index (χ0) is 14.6. The van der Waals surface area contributed by atoms with Gasteiger partial charge in [-0.3, -0.25) is 0 Å². The third kappa shape index (κ3) is 2.12. The Labute approximate surface area is 127 Å². The van der Waals surface area contributed by atoms with Crippen LogP contribution in [0.2, 0.25) is 0 Å². The Balaban J connectivity index is 1.91. The first-order valence-electron chi connectivity index (χ1n) is 7.33. The van der Waals surface area contributed by atoms with Crippen LogP contribution in [-0.4, -0.2) is 14.5 Å². The van der Waals surface area contributed by atoms with Crippen LogP contribution in [0.25, 0.3) is 11.0 Å². The van der Waals surface area contributed by atoms with Crippen LogP contribution in [-0.2, 0) is 0 Å². The van der Waals surface area contributed by atoms with Crippen LogP contribution in [0.1, 0.15) is 48.3 Å². The molecule has 2 heterocycles. The Bertz CT molecular complexity index is 813. The normalized spacial score (nSPS) is 16.5. The number of fused-ring (bicyclic) bond motifs is 1. The van der Waals surface area contributed by atoms with Gasteiger partial charge < -0.3 is 10.3 Å². The van der Waals surface area contributed by atoms with Gasteiger partial charge in [0.1, 0.15) is 10.8 Å². The van der Waals surface area contributed by atoms with Gasteiger partial charge in [-0.05, 0) is 44.9 Å². The summed E-state index contributed by atoms with van der Waals surface area (Å²) in [7, 11) is 0. The average molecular weight is 298 g/mol. The highest BCUT2D eigenvalue weighted by atomic mass is 32.1. The molecule has 2 N–H and O–H groups in total. The topological polar surface area (TPSA) is 56.7 Å². The molecule has 1 saturated carbocycles. The third-order valence-electron chi connectivity index (χ3n) is 4.06. The fourth-order valence-corrected chi connectivity index (χ4v) is 3.69. The quantitative estimate of drug-likeness (QED) is 0.747. The number of rotatable bonds is 3. The van der Waals surface area contributed by atoms with E-state index in [1.807, 2.05) is 19.1 Å². The van der Waals surface area contributed by atoms with Crippen LogP contribution in [0, 0.1) is 6.92 Å². The molecule has 0 amide bonds. The van der Waals surface area contributed by atoms with Crippen molar-refractivity contribution < 1.29 is 0 Å². The largest absolute Gasteiger partial charge is 0.399 e. The standard InChI is InChI=1S/C16H18N4S/c1-9-8-21-16(18-9)10(2)20-14-6-5-12(17)7-13(14)19-15(20)11-3-4-11/h5-8,10-11H,3-4,17H2,1-2H3. The first-order chi connectivity index (χ1) is 10.1. The number of hydrogen-bond acceptors (Lipinski definition) is 4. The first-order valence-corrected chi connectivity index (χ1v) is 8.21. The number of nitrogen functional groups attached to an aromatic ring is 1. The highest BCUT2D eigenvalue weighted by molar-refractivity contribution is 7.09. The molecule has 0 radical (unpaired) electrons. The van der Waals surface area contributed by atoms with E-state index >= 15 is 0 Å². The molecule has 108 valence electrons. The third-order valence-corrected chi connectivity index (χ3v) is 5.20. The summed E-state index contributed by atoms with van der Waals surface area (Å²) in [5.41, 5.74) is 9.92.